The van der Waals surface area contributed by atoms with Crippen LogP contribution in [0.25, 0.3) is 21.6 Å². The van der Waals surface area contributed by atoms with E-state index in [9.17, 15) is 4.79 Å². The Kier molecular flexibility index (Phi) is 4.92. The highest BCUT2D eigenvalue weighted by molar-refractivity contribution is 7.17. The van der Waals surface area contributed by atoms with Gasteiger partial charge in [-0.1, -0.05) is 6.07 Å². The molecule has 0 spiro atoms. The highest BCUT2D eigenvalue weighted by Gasteiger charge is 2.18. The van der Waals surface area contributed by atoms with Crippen molar-refractivity contribution in [1.82, 2.24) is 20.3 Å². The molecule has 29 heavy (non-hydrogen) atoms. The van der Waals surface area contributed by atoms with Crippen LogP contribution in [0.3, 0.4) is 0 Å². The Labute approximate surface area is 175 Å². The Bertz CT molecular complexity index is 1150. The minimum Gasteiger partial charge on any atom is -0.365 e. The lowest BCUT2D eigenvalue weighted by Gasteiger charge is -2.14. The van der Waals surface area contributed by atoms with Gasteiger partial charge in [-0.25, -0.2) is 15.0 Å². The minimum absolute atomic E-state index is 0.171. The first-order valence-corrected chi connectivity index (χ1v) is 11.1. The maximum absolute atomic E-state index is 12.3. The van der Waals surface area contributed by atoms with E-state index in [-0.39, 0.29) is 5.91 Å². The van der Waals surface area contributed by atoms with Gasteiger partial charge in [0, 0.05) is 24.3 Å². The van der Waals surface area contributed by atoms with Gasteiger partial charge in [0.05, 0.1) is 15.1 Å². The highest BCUT2D eigenvalue weighted by atomic mass is 32.1. The van der Waals surface area contributed by atoms with Crippen LogP contribution in [0.4, 0.5) is 11.6 Å². The summed E-state index contributed by atoms with van der Waals surface area (Å²) in [5, 5.41) is 13.7. The molecule has 0 unspecified atom stereocenters. The maximum atomic E-state index is 12.3. The molecular formula is C20H18N6OS2. The quantitative estimate of drug-likeness (QED) is 0.453. The van der Waals surface area contributed by atoms with Crippen molar-refractivity contribution in [1.29, 1.82) is 0 Å². The summed E-state index contributed by atoms with van der Waals surface area (Å²) in [6.45, 7) is 1.95. The van der Waals surface area contributed by atoms with Gasteiger partial charge in [0.15, 0.2) is 5.82 Å². The number of anilines is 2. The van der Waals surface area contributed by atoms with Gasteiger partial charge in [-0.15, -0.1) is 22.7 Å². The molecule has 146 valence electrons. The smallest absolute Gasteiger partial charge is 0.266 e. The number of carbonyl (C=O) groups excluding carboxylic acids is 1. The number of rotatable bonds is 5. The molecule has 0 saturated carbocycles. The predicted molar refractivity (Wildman–Crippen MR) is 118 cm³/mol. The number of thiophene rings is 2. The second kappa shape index (κ2) is 7.86. The van der Waals surface area contributed by atoms with Crippen LogP contribution in [0.15, 0.2) is 47.3 Å². The summed E-state index contributed by atoms with van der Waals surface area (Å²) >= 11 is 3.03. The van der Waals surface area contributed by atoms with E-state index in [1.54, 1.807) is 29.7 Å². The van der Waals surface area contributed by atoms with E-state index < -0.39 is 0 Å². The molecule has 1 saturated heterocycles. The molecule has 1 amide bonds. The first kappa shape index (κ1) is 18.2. The second-order valence-corrected chi connectivity index (χ2v) is 8.59. The standard InChI is InChI=1S/C20H18N6OS2/c27-20(15-2-1-8-28-15)25-16-10-12(3-7-22-16)18-24-14-5-9-29-17(14)19(26-18)23-13-4-6-21-11-13/h1-3,5,7-10,13,21H,4,6,11H2,(H,22,25,27)(H,23,24,26)/t13-/m1/s1. The number of pyridine rings is 1. The van der Waals surface area contributed by atoms with E-state index >= 15 is 0 Å². The van der Waals surface area contributed by atoms with Crippen molar-refractivity contribution >= 4 is 50.4 Å². The lowest BCUT2D eigenvalue weighted by molar-refractivity contribution is 0.103. The van der Waals surface area contributed by atoms with E-state index in [1.807, 2.05) is 29.0 Å². The third-order valence-electron chi connectivity index (χ3n) is 4.71. The number of hydrogen-bond donors (Lipinski definition) is 3. The first-order chi connectivity index (χ1) is 14.3. The SMILES string of the molecule is O=C(Nc1cc(-c2nc(N[C@@H]3CCNC3)c3sccc3n2)ccn1)c1cccs1. The Hall–Kier alpha value is -2.88. The molecule has 4 aromatic rings. The van der Waals surface area contributed by atoms with Crippen LogP contribution in [0.1, 0.15) is 16.1 Å². The van der Waals surface area contributed by atoms with E-state index in [0.717, 1.165) is 41.1 Å². The summed E-state index contributed by atoms with van der Waals surface area (Å²) in [4.78, 5) is 26.8. The average molecular weight is 423 g/mol. The van der Waals surface area contributed by atoms with Gasteiger partial charge in [0.1, 0.15) is 11.6 Å². The molecule has 7 nitrogen and oxygen atoms in total. The Morgan fingerprint density at radius 1 is 1.17 bits per heavy atom. The maximum Gasteiger partial charge on any atom is 0.266 e. The van der Waals surface area contributed by atoms with Gasteiger partial charge in [-0.3, -0.25) is 4.79 Å². The zero-order valence-corrected chi connectivity index (χ0v) is 17.0. The molecule has 1 aliphatic heterocycles. The van der Waals surface area contributed by atoms with Crippen molar-refractivity contribution in [3.63, 3.8) is 0 Å². The topological polar surface area (TPSA) is 91.8 Å². The third kappa shape index (κ3) is 3.84. The van der Waals surface area contributed by atoms with Gasteiger partial charge in [0.2, 0.25) is 0 Å². The second-order valence-electron chi connectivity index (χ2n) is 6.73. The van der Waals surface area contributed by atoms with Crippen LogP contribution in [0.2, 0.25) is 0 Å². The fourth-order valence-corrected chi connectivity index (χ4v) is 4.69. The molecule has 5 rings (SSSR count). The number of amides is 1. The van der Waals surface area contributed by atoms with Gasteiger partial charge in [-0.2, -0.15) is 0 Å². The summed E-state index contributed by atoms with van der Waals surface area (Å²) in [6.07, 6.45) is 2.73. The fourth-order valence-electron chi connectivity index (χ4n) is 3.29. The van der Waals surface area contributed by atoms with Crippen LogP contribution in [0.5, 0.6) is 0 Å². The molecule has 0 aromatic carbocycles. The number of hydrogen-bond acceptors (Lipinski definition) is 8. The Morgan fingerprint density at radius 3 is 2.97 bits per heavy atom. The zero-order chi connectivity index (χ0) is 19.6. The van der Waals surface area contributed by atoms with Crippen molar-refractivity contribution < 1.29 is 4.79 Å². The molecule has 4 aromatic heterocycles. The van der Waals surface area contributed by atoms with Gasteiger partial charge >= 0.3 is 0 Å². The number of aromatic nitrogens is 3. The summed E-state index contributed by atoms with van der Waals surface area (Å²) in [5.74, 6) is 1.77. The lowest BCUT2D eigenvalue weighted by Crippen LogP contribution is -2.22. The van der Waals surface area contributed by atoms with Crippen LogP contribution in [-0.2, 0) is 0 Å². The summed E-state index contributed by atoms with van der Waals surface area (Å²) < 4.78 is 1.06. The number of fused-ring (bicyclic) bond motifs is 1. The van der Waals surface area contributed by atoms with Crippen LogP contribution in [-0.4, -0.2) is 40.0 Å². The van der Waals surface area contributed by atoms with Gasteiger partial charge in [-0.05, 0) is 48.0 Å². The summed E-state index contributed by atoms with van der Waals surface area (Å²) in [5.41, 5.74) is 1.72. The minimum atomic E-state index is -0.171. The van der Waals surface area contributed by atoms with Crippen molar-refractivity contribution in [2.75, 3.05) is 23.7 Å². The third-order valence-corrected chi connectivity index (χ3v) is 6.49. The molecule has 0 aliphatic carbocycles. The van der Waals surface area contributed by atoms with Crippen LogP contribution in [0, 0.1) is 0 Å². The van der Waals surface area contributed by atoms with E-state index in [4.69, 9.17) is 9.97 Å². The summed E-state index contributed by atoms with van der Waals surface area (Å²) in [6, 6.07) is 9.66. The van der Waals surface area contributed by atoms with E-state index in [0.29, 0.717) is 22.6 Å². The van der Waals surface area contributed by atoms with Crippen molar-refractivity contribution in [3.05, 3.63) is 52.2 Å². The summed E-state index contributed by atoms with van der Waals surface area (Å²) in [7, 11) is 0. The monoisotopic (exact) mass is 422 g/mol. The Balaban J connectivity index is 1.46. The van der Waals surface area contributed by atoms with Crippen molar-refractivity contribution in [2.24, 2.45) is 0 Å². The van der Waals surface area contributed by atoms with E-state index in [1.165, 1.54) is 11.3 Å². The van der Waals surface area contributed by atoms with Crippen LogP contribution < -0.4 is 16.0 Å². The molecule has 9 heteroatoms. The largest absolute Gasteiger partial charge is 0.365 e. The predicted octanol–water partition coefficient (Wildman–Crippen LogP) is 3.84. The number of nitrogens with zero attached hydrogens (tertiary/aromatic N) is 3. The van der Waals surface area contributed by atoms with Crippen LogP contribution >= 0.6 is 22.7 Å². The lowest BCUT2D eigenvalue weighted by atomic mass is 10.2. The normalized spacial score (nSPS) is 16.2. The average Bonchev–Trinajstić information content (AvgIpc) is 3.50. The molecule has 0 bridgehead atoms. The zero-order valence-electron chi connectivity index (χ0n) is 15.4. The van der Waals surface area contributed by atoms with E-state index in [2.05, 4.69) is 20.9 Å². The molecule has 1 fully saturated rings. The molecule has 5 heterocycles. The molecule has 3 N–H and O–H groups in total. The molecule has 0 radical (unpaired) electrons. The molecule has 1 aliphatic rings. The number of nitrogens with one attached hydrogen (secondary N) is 3. The number of carbonyl (C=O) groups is 1. The first-order valence-electron chi connectivity index (χ1n) is 9.30. The van der Waals surface area contributed by atoms with Crippen molar-refractivity contribution in [2.45, 2.75) is 12.5 Å². The van der Waals surface area contributed by atoms with Gasteiger partial charge in [0.25, 0.3) is 5.91 Å². The molecular weight excluding hydrogens is 404 g/mol. The highest BCUT2D eigenvalue weighted by Crippen LogP contribution is 2.30. The van der Waals surface area contributed by atoms with Crippen molar-refractivity contribution in [3.8, 4) is 11.4 Å². The van der Waals surface area contributed by atoms with Gasteiger partial charge < -0.3 is 16.0 Å². The molecule has 1 atom stereocenters. The fraction of sp³-hybridized carbons (Fsp3) is 0.200. The Morgan fingerprint density at radius 2 is 2.14 bits per heavy atom.